The first-order chi connectivity index (χ1) is 14.7. The van der Waals surface area contributed by atoms with Crippen molar-refractivity contribution in [1.29, 1.82) is 0 Å². The maximum atomic E-state index is 5.79. The maximum Gasteiger partial charge on any atom is 0.214 e. The number of methoxy groups -OCH3 is 2. The summed E-state index contributed by atoms with van der Waals surface area (Å²) in [6, 6.07) is 9.74. The highest BCUT2D eigenvalue weighted by Gasteiger charge is 2.37. The number of para-hydroxylation sites is 1. The van der Waals surface area contributed by atoms with Gasteiger partial charge in [-0.2, -0.15) is 0 Å². The number of likely N-dealkylation sites (N-methyl/N-ethyl adjacent to an activating group) is 1. The van der Waals surface area contributed by atoms with Crippen LogP contribution in [0.25, 0.3) is 0 Å². The number of tetrazole rings is 1. The van der Waals surface area contributed by atoms with Gasteiger partial charge in [-0.25, -0.2) is 4.68 Å². The summed E-state index contributed by atoms with van der Waals surface area (Å²) in [5.74, 6) is 3.06. The zero-order valence-electron chi connectivity index (χ0n) is 17.8. The van der Waals surface area contributed by atoms with Crippen LogP contribution >= 0.6 is 0 Å². The molecule has 2 N–H and O–H groups in total. The van der Waals surface area contributed by atoms with E-state index in [0.29, 0.717) is 12.3 Å². The fourth-order valence-electron chi connectivity index (χ4n) is 4.33. The minimum Gasteiger partial charge on any atom is -0.493 e. The Balaban J connectivity index is 1.75. The monoisotopic (exact) mass is 414 g/mol. The molecule has 0 spiro atoms. The summed E-state index contributed by atoms with van der Waals surface area (Å²) < 4.78 is 18.7. The molecular weight excluding hydrogens is 384 g/mol. The van der Waals surface area contributed by atoms with Gasteiger partial charge < -0.3 is 23.7 Å². The molecule has 160 valence electrons. The number of benzene rings is 1. The van der Waals surface area contributed by atoms with Crippen molar-refractivity contribution in [3.05, 3.63) is 53.7 Å². The lowest BCUT2D eigenvalue weighted by atomic mass is 10.0. The quantitative estimate of drug-likeness (QED) is 0.503. The zero-order valence-corrected chi connectivity index (χ0v) is 17.8. The standard InChI is InChI=1S/C21H28N6O3/c1-4-25-10-12-26(13-11-25)19(17-8-5-9-18(28-2)20(17)29-3)21-22-23-24-27(21)15-16-7-6-14-30-16/h5-9,14,19H,4,10-13,15H2,1-3H3/p+2/t19-/m1/s1. The molecule has 0 amide bonds. The second kappa shape index (κ2) is 9.27. The van der Waals surface area contributed by atoms with Crippen molar-refractivity contribution in [2.45, 2.75) is 19.5 Å². The molecule has 1 saturated heterocycles. The SMILES string of the molecule is CC[NH+]1CC[NH+]([C@H](c2cccc(OC)c2OC)c2nnnn2Cc2ccco2)CC1. The first-order valence-electron chi connectivity index (χ1n) is 10.4. The number of ether oxygens (including phenoxy) is 2. The van der Waals surface area contributed by atoms with Crippen molar-refractivity contribution in [1.82, 2.24) is 20.2 Å². The summed E-state index contributed by atoms with van der Waals surface area (Å²) in [7, 11) is 3.34. The Morgan fingerprint density at radius 2 is 1.93 bits per heavy atom. The van der Waals surface area contributed by atoms with Crippen LogP contribution in [0, 0.1) is 0 Å². The molecule has 1 aliphatic rings. The molecule has 1 aliphatic heterocycles. The molecule has 3 heterocycles. The summed E-state index contributed by atoms with van der Waals surface area (Å²) in [4.78, 5) is 3.06. The predicted octanol–water partition coefficient (Wildman–Crippen LogP) is -0.776. The summed E-state index contributed by atoms with van der Waals surface area (Å²) in [6.07, 6.45) is 1.67. The molecule has 1 fully saturated rings. The topological polar surface area (TPSA) is 84.1 Å². The van der Waals surface area contributed by atoms with Gasteiger partial charge in [-0.3, -0.25) is 0 Å². The van der Waals surface area contributed by atoms with E-state index >= 15 is 0 Å². The molecule has 30 heavy (non-hydrogen) atoms. The molecule has 9 heteroatoms. The third-order valence-electron chi connectivity index (χ3n) is 5.96. The van der Waals surface area contributed by atoms with Crippen LogP contribution in [-0.4, -0.2) is 67.2 Å². The van der Waals surface area contributed by atoms with Crippen molar-refractivity contribution in [3.8, 4) is 11.5 Å². The van der Waals surface area contributed by atoms with Crippen LogP contribution in [0.1, 0.15) is 30.1 Å². The van der Waals surface area contributed by atoms with Crippen LogP contribution < -0.4 is 19.3 Å². The molecule has 1 atom stereocenters. The van der Waals surface area contributed by atoms with Gasteiger partial charge in [0.15, 0.2) is 17.5 Å². The average molecular weight is 415 g/mol. The van der Waals surface area contributed by atoms with Crippen molar-refractivity contribution in [2.75, 3.05) is 46.9 Å². The molecule has 9 nitrogen and oxygen atoms in total. The van der Waals surface area contributed by atoms with E-state index in [4.69, 9.17) is 13.9 Å². The number of hydrogen-bond donors (Lipinski definition) is 2. The van der Waals surface area contributed by atoms with Crippen molar-refractivity contribution < 1.29 is 23.7 Å². The number of aromatic nitrogens is 4. The number of hydrogen-bond acceptors (Lipinski definition) is 6. The van der Waals surface area contributed by atoms with E-state index in [9.17, 15) is 0 Å². The highest BCUT2D eigenvalue weighted by Crippen LogP contribution is 2.35. The highest BCUT2D eigenvalue weighted by molar-refractivity contribution is 5.48. The summed E-state index contributed by atoms with van der Waals surface area (Å²) in [5, 5.41) is 12.7. The van der Waals surface area contributed by atoms with E-state index in [1.807, 2.05) is 28.9 Å². The predicted molar refractivity (Wildman–Crippen MR) is 109 cm³/mol. The van der Waals surface area contributed by atoms with Crippen molar-refractivity contribution in [3.63, 3.8) is 0 Å². The van der Waals surface area contributed by atoms with Gasteiger partial charge in [0.1, 0.15) is 38.5 Å². The second-order valence-electron chi connectivity index (χ2n) is 7.55. The van der Waals surface area contributed by atoms with Crippen LogP contribution in [0.2, 0.25) is 0 Å². The fourth-order valence-corrected chi connectivity index (χ4v) is 4.33. The van der Waals surface area contributed by atoms with Gasteiger partial charge in [0.05, 0.1) is 32.6 Å². The normalized spacial score (nSPS) is 20.1. The van der Waals surface area contributed by atoms with Gasteiger partial charge in [-0.05, 0) is 41.6 Å². The van der Waals surface area contributed by atoms with E-state index in [0.717, 1.165) is 55.6 Å². The van der Waals surface area contributed by atoms with E-state index in [1.165, 1.54) is 4.90 Å². The average Bonchev–Trinajstić information content (AvgIpc) is 3.47. The molecule has 0 radical (unpaired) electrons. The Hall–Kier alpha value is -2.91. The number of rotatable bonds is 8. The fraction of sp³-hybridized carbons (Fsp3) is 0.476. The van der Waals surface area contributed by atoms with Crippen LogP contribution in [0.15, 0.2) is 41.0 Å². The maximum absolute atomic E-state index is 5.79. The minimum absolute atomic E-state index is 0.0709. The Kier molecular flexibility index (Phi) is 6.29. The lowest BCUT2D eigenvalue weighted by molar-refractivity contribution is -1.02. The molecule has 0 aliphatic carbocycles. The number of piperazine rings is 1. The van der Waals surface area contributed by atoms with E-state index in [-0.39, 0.29) is 6.04 Å². The van der Waals surface area contributed by atoms with Crippen LogP contribution in [-0.2, 0) is 6.54 Å². The van der Waals surface area contributed by atoms with Crippen LogP contribution in [0.4, 0.5) is 0 Å². The first-order valence-corrected chi connectivity index (χ1v) is 10.4. The molecule has 3 aromatic rings. The zero-order chi connectivity index (χ0) is 20.9. The molecule has 1 aromatic carbocycles. The Labute approximate surface area is 176 Å². The second-order valence-corrected chi connectivity index (χ2v) is 7.55. The number of furan rings is 1. The van der Waals surface area contributed by atoms with Crippen LogP contribution in [0.5, 0.6) is 11.5 Å². The summed E-state index contributed by atoms with van der Waals surface area (Å²) in [5.41, 5.74) is 1.03. The summed E-state index contributed by atoms with van der Waals surface area (Å²) >= 11 is 0. The summed E-state index contributed by atoms with van der Waals surface area (Å²) in [6.45, 7) is 8.17. The lowest BCUT2D eigenvalue weighted by Gasteiger charge is -2.34. The van der Waals surface area contributed by atoms with E-state index in [2.05, 4.69) is 28.5 Å². The van der Waals surface area contributed by atoms with Crippen molar-refractivity contribution in [2.24, 2.45) is 0 Å². The smallest absolute Gasteiger partial charge is 0.214 e. The minimum atomic E-state index is -0.0709. The van der Waals surface area contributed by atoms with Gasteiger partial charge in [0.25, 0.3) is 0 Å². The van der Waals surface area contributed by atoms with E-state index < -0.39 is 0 Å². The largest absolute Gasteiger partial charge is 0.493 e. The van der Waals surface area contributed by atoms with E-state index in [1.54, 1.807) is 25.4 Å². The van der Waals surface area contributed by atoms with Gasteiger partial charge in [0.2, 0.25) is 5.82 Å². The molecule has 0 saturated carbocycles. The van der Waals surface area contributed by atoms with Crippen molar-refractivity contribution >= 4 is 0 Å². The van der Waals surface area contributed by atoms with Crippen LogP contribution in [0.3, 0.4) is 0 Å². The Morgan fingerprint density at radius 1 is 1.10 bits per heavy atom. The molecule has 0 bridgehead atoms. The first kappa shape index (κ1) is 20.4. The third kappa shape index (κ3) is 4.03. The third-order valence-corrected chi connectivity index (χ3v) is 5.96. The molecule has 0 unspecified atom stereocenters. The molecule has 2 aromatic heterocycles. The Morgan fingerprint density at radius 3 is 2.60 bits per heavy atom. The number of nitrogens with one attached hydrogen (secondary N) is 2. The highest BCUT2D eigenvalue weighted by atomic mass is 16.5. The Bertz CT molecular complexity index is 934. The number of nitrogens with zero attached hydrogens (tertiary/aromatic N) is 4. The molecule has 4 rings (SSSR count). The van der Waals surface area contributed by atoms with Gasteiger partial charge in [-0.1, -0.05) is 6.07 Å². The molecular formula is C21H30N6O3+2. The van der Waals surface area contributed by atoms with Gasteiger partial charge in [-0.15, -0.1) is 5.10 Å². The lowest BCUT2D eigenvalue weighted by Crippen LogP contribution is -3.28. The van der Waals surface area contributed by atoms with Gasteiger partial charge in [0, 0.05) is 0 Å². The van der Waals surface area contributed by atoms with Gasteiger partial charge >= 0.3 is 0 Å². The number of quaternary nitrogens is 2.